The van der Waals surface area contributed by atoms with Crippen molar-refractivity contribution in [3.8, 4) is 0 Å². The lowest BCUT2D eigenvalue weighted by Gasteiger charge is -2.33. The van der Waals surface area contributed by atoms with Crippen molar-refractivity contribution < 1.29 is 9.53 Å². The van der Waals surface area contributed by atoms with Gasteiger partial charge in [-0.2, -0.15) is 0 Å². The van der Waals surface area contributed by atoms with Crippen LogP contribution in [-0.2, 0) is 10.2 Å². The van der Waals surface area contributed by atoms with E-state index < -0.39 is 0 Å². The zero-order valence-corrected chi connectivity index (χ0v) is 14.6. The maximum absolute atomic E-state index is 12.5. The Labute approximate surface area is 139 Å². The molecule has 0 bridgehead atoms. The van der Waals surface area contributed by atoms with Gasteiger partial charge in [-0.1, -0.05) is 32.9 Å². The predicted octanol–water partition coefficient (Wildman–Crippen LogP) is 2.58. The van der Waals surface area contributed by atoms with Crippen LogP contribution < -0.4 is 5.32 Å². The molecule has 1 N–H and O–H groups in total. The third-order valence-electron chi connectivity index (χ3n) is 4.94. The summed E-state index contributed by atoms with van der Waals surface area (Å²) in [5.41, 5.74) is 2.10. The fraction of sp³-hybridized carbons (Fsp3) is 0.632. The molecule has 1 aromatic rings. The molecule has 2 heterocycles. The van der Waals surface area contributed by atoms with Crippen LogP contribution in [-0.4, -0.2) is 48.7 Å². The first-order valence-corrected chi connectivity index (χ1v) is 8.60. The van der Waals surface area contributed by atoms with Crippen molar-refractivity contribution in [2.24, 2.45) is 0 Å². The molecule has 23 heavy (non-hydrogen) atoms. The maximum Gasteiger partial charge on any atom is 0.251 e. The van der Waals surface area contributed by atoms with E-state index in [4.69, 9.17) is 4.74 Å². The molecule has 0 unspecified atom stereocenters. The molecule has 1 aromatic carbocycles. The first-order chi connectivity index (χ1) is 10.8. The van der Waals surface area contributed by atoms with Crippen LogP contribution in [0.1, 0.15) is 50.0 Å². The Bertz CT molecular complexity index is 562. The van der Waals surface area contributed by atoms with E-state index in [9.17, 15) is 4.79 Å². The van der Waals surface area contributed by atoms with Gasteiger partial charge < -0.3 is 10.1 Å². The topological polar surface area (TPSA) is 41.6 Å². The molecule has 2 aliphatic rings. The third-order valence-corrected chi connectivity index (χ3v) is 4.94. The van der Waals surface area contributed by atoms with E-state index in [2.05, 4.69) is 50.0 Å². The molecular weight excluding hydrogens is 288 g/mol. The molecule has 0 radical (unpaired) electrons. The molecule has 0 saturated carbocycles. The molecule has 2 saturated heterocycles. The quantitative estimate of drug-likeness (QED) is 0.912. The van der Waals surface area contributed by atoms with E-state index in [1.165, 1.54) is 5.56 Å². The van der Waals surface area contributed by atoms with Gasteiger partial charge in [0.25, 0.3) is 5.91 Å². The lowest BCUT2D eigenvalue weighted by atomic mass is 9.86. The maximum atomic E-state index is 12.5. The Kier molecular flexibility index (Phi) is 4.47. The number of hydrogen-bond donors (Lipinski definition) is 1. The zero-order chi connectivity index (χ0) is 16.6. The molecule has 0 aromatic heterocycles. The van der Waals surface area contributed by atoms with E-state index in [1.807, 2.05) is 12.1 Å². The minimum absolute atomic E-state index is 0.0317. The lowest BCUT2D eigenvalue weighted by molar-refractivity contribution is -0.0390. The highest BCUT2D eigenvalue weighted by Crippen LogP contribution is 2.24. The summed E-state index contributed by atoms with van der Waals surface area (Å²) >= 11 is 0. The van der Waals surface area contributed by atoms with Gasteiger partial charge in [-0.05, 0) is 36.5 Å². The van der Waals surface area contributed by atoms with Gasteiger partial charge in [0.1, 0.15) is 0 Å². The molecule has 3 rings (SSSR count). The smallest absolute Gasteiger partial charge is 0.251 e. The van der Waals surface area contributed by atoms with Crippen LogP contribution >= 0.6 is 0 Å². The van der Waals surface area contributed by atoms with Crippen molar-refractivity contribution in [1.82, 2.24) is 10.2 Å². The molecule has 126 valence electrons. The number of benzene rings is 1. The fourth-order valence-electron chi connectivity index (χ4n) is 3.53. The number of carbonyl (C=O) groups excluding carboxylic acids is 1. The van der Waals surface area contributed by atoms with Crippen LogP contribution in [0.5, 0.6) is 0 Å². The Morgan fingerprint density at radius 3 is 2.57 bits per heavy atom. The Morgan fingerprint density at radius 1 is 1.22 bits per heavy atom. The molecule has 4 heteroatoms. The fourth-order valence-corrected chi connectivity index (χ4v) is 3.53. The summed E-state index contributed by atoms with van der Waals surface area (Å²) in [4.78, 5) is 14.9. The van der Waals surface area contributed by atoms with Crippen molar-refractivity contribution in [1.29, 1.82) is 0 Å². The van der Waals surface area contributed by atoms with Gasteiger partial charge >= 0.3 is 0 Å². The van der Waals surface area contributed by atoms with Gasteiger partial charge in [-0.15, -0.1) is 0 Å². The van der Waals surface area contributed by atoms with Gasteiger partial charge in [0.05, 0.1) is 12.7 Å². The Balaban J connectivity index is 1.59. The summed E-state index contributed by atoms with van der Waals surface area (Å²) in [5, 5.41) is 3.19. The minimum atomic E-state index is 0.0317. The summed E-state index contributed by atoms with van der Waals surface area (Å²) < 4.78 is 5.72. The van der Waals surface area contributed by atoms with Crippen LogP contribution in [0, 0.1) is 0 Å². The van der Waals surface area contributed by atoms with E-state index in [1.54, 1.807) is 0 Å². The lowest BCUT2D eigenvalue weighted by Crippen LogP contribution is -2.45. The minimum Gasteiger partial charge on any atom is -0.376 e. The second kappa shape index (κ2) is 6.25. The average molecular weight is 316 g/mol. The average Bonchev–Trinajstić information content (AvgIpc) is 2.87. The van der Waals surface area contributed by atoms with Crippen molar-refractivity contribution in [3.63, 3.8) is 0 Å². The van der Waals surface area contributed by atoms with Crippen LogP contribution in [0.4, 0.5) is 0 Å². The second-order valence-electron chi connectivity index (χ2n) is 7.99. The number of rotatable bonds is 2. The summed E-state index contributed by atoms with van der Waals surface area (Å²) in [6, 6.07) is 8.67. The summed E-state index contributed by atoms with van der Waals surface area (Å²) in [6.45, 7) is 11.3. The molecule has 2 fully saturated rings. The SMILES string of the molecule is C[C@H]1CN2C[C@H](NC(=O)c3ccc(C(C)(C)C)cc3)C[C@H]2CO1. The number of nitrogens with zero attached hydrogens (tertiary/aromatic N) is 1. The van der Waals surface area contributed by atoms with Crippen molar-refractivity contribution in [3.05, 3.63) is 35.4 Å². The molecule has 0 spiro atoms. The number of morpholine rings is 1. The number of fused-ring (bicyclic) bond motifs is 1. The Morgan fingerprint density at radius 2 is 1.91 bits per heavy atom. The van der Waals surface area contributed by atoms with Crippen LogP contribution in [0.3, 0.4) is 0 Å². The van der Waals surface area contributed by atoms with E-state index in [-0.39, 0.29) is 17.4 Å². The van der Waals surface area contributed by atoms with E-state index in [0.29, 0.717) is 12.1 Å². The first kappa shape index (κ1) is 16.5. The normalized spacial score (nSPS) is 28.4. The molecule has 4 nitrogen and oxygen atoms in total. The highest BCUT2D eigenvalue weighted by atomic mass is 16.5. The summed E-state index contributed by atoms with van der Waals surface area (Å²) in [5.74, 6) is 0.0317. The first-order valence-electron chi connectivity index (χ1n) is 8.60. The zero-order valence-electron chi connectivity index (χ0n) is 14.6. The summed E-state index contributed by atoms with van der Waals surface area (Å²) in [6.07, 6.45) is 1.28. The number of carbonyl (C=O) groups is 1. The van der Waals surface area contributed by atoms with Gasteiger partial charge in [-0.3, -0.25) is 9.69 Å². The second-order valence-corrected chi connectivity index (χ2v) is 7.99. The monoisotopic (exact) mass is 316 g/mol. The molecule has 3 atom stereocenters. The molecule has 0 aliphatic carbocycles. The third kappa shape index (κ3) is 3.75. The van der Waals surface area contributed by atoms with E-state index in [0.717, 1.165) is 31.7 Å². The van der Waals surface area contributed by atoms with Crippen LogP contribution in [0.25, 0.3) is 0 Å². The number of amides is 1. The van der Waals surface area contributed by atoms with Crippen molar-refractivity contribution >= 4 is 5.91 Å². The van der Waals surface area contributed by atoms with E-state index >= 15 is 0 Å². The largest absolute Gasteiger partial charge is 0.376 e. The van der Waals surface area contributed by atoms with Gasteiger partial charge in [0.2, 0.25) is 0 Å². The standard InChI is InChI=1S/C19H28N2O2/c1-13-10-21-11-16(9-17(21)12-23-13)20-18(22)14-5-7-15(8-6-14)19(2,3)4/h5-8,13,16-17H,9-12H2,1-4H3,(H,20,22)/t13-,16+,17-/m0/s1. The Hall–Kier alpha value is -1.39. The highest BCUT2D eigenvalue weighted by Gasteiger charge is 2.36. The van der Waals surface area contributed by atoms with Crippen LogP contribution in [0.15, 0.2) is 24.3 Å². The van der Waals surface area contributed by atoms with Gasteiger partial charge in [-0.25, -0.2) is 0 Å². The number of hydrogen-bond acceptors (Lipinski definition) is 3. The number of nitrogens with one attached hydrogen (secondary N) is 1. The highest BCUT2D eigenvalue weighted by molar-refractivity contribution is 5.94. The molecule has 1 amide bonds. The molecular formula is C19H28N2O2. The van der Waals surface area contributed by atoms with Gasteiger partial charge in [0, 0.05) is 30.7 Å². The van der Waals surface area contributed by atoms with Crippen molar-refractivity contribution in [2.75, 3.05) is 19.7 Å². The summed E-state index contributed by atoms with van der Waals surface area (Å²) in [7, 11) is 0. The predicted molar refractivity (Wildman–Crippen MR) is 91.8 cm³/mol. The van der Waals surface area contributed by atoms with Crippen LogP contribution in [0.2, 0.25) is 0 Å². The van der Waals surface area contributed by atoms with Crippen molar-refractivity contribution in [2.45, 2.75) is 57.7 Å². The number of ether oxygens (including phenoxy) is 1. The van der Waals surface area contributed by atoms with Gasteiger partial charge in [0.15, 0.2) is 0 Å². The molecule has 2 aliphatic heterocycles.